The summed E-state index contributed by atoms with van der Waals surface area (Å²) < 4.78 is 26.5. The van der Waals surface area contributed by atoms with Crippen LogP contribution in [0.3, 0.4) is 0 Å². The molecule has 8 nitrogen and oxygen atoms in total. The molecule has 1 aliphatic heterocycles. The van der Waals surface area contributed by atoms with E-state index in [-0.39, 0.29) is 0 Å². The average Bonchev–Trinajstić information content (AvgIpc) is 2.72. The second kappa shape index (κ2) is 5.17. The van der Waals surface area contributed by atoms with Gasteiger partial charge in [0.25, 0.3) is 0 Å². The predicted molar refractivity (Wildman–Crippen MR) is 84.4 cm³/mol. The molecular weight excluding hydrogens is 304 g/mol. The Hall–Kier alpha value is -1.74. The zero-order valence-corrected chi connectivity index (χ0v) is 14.1. The highest BCUT2D eigenvalue weighted by molar-refractivity contribution is 7.88. The lowest BCUT2D eigenvalue weighted by Gasteiger charge is -2.34. The molecular formula is C13H20N6O2S. The number of sulfonamides is 1. The van der Waals surface area contributed by atoms with Gasteiger partial charge in [0, 0.05) is 33.2 Å². The van der Waals surface area contributed by atoms with Gasteiger partial charge in [0.1, 0.15) is 16.9 Å². The summed E-state index contributed by atoms with van der Waals surface area (Å²) in [4.78, 5) is 11.2. The quantitative estimate of drug-likeness (QED) is 0.777. The monoisotopic (exact) mass is 324 g/mol. The number of hydrogen-bond donors (Lipinski definition) is 0. The summed E-state index contributed by atoms with van der Waals surface area (Å²) in [7, 11) is -1.25. The van der Waals surface area contributed by atoms with E-state index in [9.17, 15) is 8.42 Å². The molecule has 2 aromatic heterocycles. The fourth-order valence-corrected chi connectivity index (χ4v) is 3.70. The number of anilines is 1. The van der Waals surface area contributed by atoms with Gasteiger partial charge in [0.05, 0.1) is 11.9 Å². The first kappa shape index (κ1) is 15.2. The van der Waals surface area contributed by atoms with E-state index >= 15 is 0 Å². The second-order valence-corrected chi connectivity index (χ2v) is 7.63. The summed E-state index contributed by atoms with van der Waals surface area (Å²) in [6, 6.07) is 0. The lowest BCUT2D eigenvalue weighted by molar-refractivity contribution is 0.387. The molecule has 22 heavy (non-hydrogen) atoms. The van der Waals surface area contributed by atoms with Gasteiger partial charge in [0.15, 0.2) is 5.82 Å². The summed E-state index contributed by atoms with van der Waals surface area (Å²) in [5, 5.41) is 4.42. The van der Waals surface area contributed by atoms with Crippen molar-refractivity contribution in [1.29, 1.82) is 0 Å². The van der Waals surface area contributed by atoms with Gasteiger partial charge in [0.2, 0.25) is 10.0 Å². The van der Waals surface area contributed by atoms with Crippen molar-refractivity contribution in [2.45, 2.75) is 13.8 Å². The van der Waals surface area contributed by atoms with Crippen LogP contribution in [-0.2, 0) is 17.1 Å². The van der Waals surface area contributed by atoms with Crippen LogP contribution >= 0.6 is 0 Å². The number of rotatable bonds is 2. The molecule has 1 fully saturated rings. The molecule has 9 heteroatoms. The van der Waals surface area contributed by atoms with E-state index in [1.165, 1.54) is 10.6 Å². The molecule has 3 heterocycles. The summed E-state index contributed by atoms with van der Waals surface area (Å²) in [5.74, 6) is 1.53. The third-order valence-electron chi connectivity index (χ3n) is 3.95. The fourth-order valence-electron chi connectivity index (χ4n) is 2.88. The Morgan fingerprint density at radius 2 is 1.68 bits per heavy atom. The summed E-state index contributed by atoms with van der Waals surface area (Å²) >= 11 is 0. The molecule has 0 amide bonds. The summed E-state index contributed by atoms with van der Waals surface area (Å²) in [6.07, 6.45) is 1.25. The normalized spacial score (nSPS) is 17.4. The molecule has 0 unspecified atom stereocenters. The van der Waals surface area contributed by atoms with Crippen molar-refractivity contribution in [2.75, 3.05) is 37.3 Å². The number of nitrogens with zero attached hydrogens (tertiary/aromatic N) is 6. The zero-order valence-electron chi connectivity index (χ0n) is 13.2. The van der Waals surface area contributed by atoms with Crippen molar-refractivity contribution in [3.05, 3.63) is 11.5 Å². The minimum absolute atomic E-state index is 0.472. The van der Waals surface area contributed by atoms with Crippen LogP contribution in [0.2, 0.25) is 0 Å². The van der Waals surface area contributed by atoms with Crippen LogP contribution in [0.25, 0.3) is 11.0 Å². The smallest absolute Gasteiger partial charge is 0.211 e. The van der Waals surface area contributed by atoms with E-state index in [1.54, 1.807) is 4.68 Å². The van der Waals surface area contributed by atoms with Crippen LogP contribution in [0.4, 0.5) is 5.82 Å². The van der Waals surface area contributed by atoms with E-state index in [1.807, 2.05) is 20.9 Å². The predicted octanol–water partition coefficient (Wildman–Crippen LogP) is 0.0617. The molecule has 0 radical (unpaired) electrons. The van der Waals surface area contributed by atoms with E-state index in [0.29, 0.717) is 32.0 Å². The van der Waals surface area contributed by atoms with Gasteiger partial charge in [-0.3, -0.25) is 4.68 Å². The molecule has 3 rings (SSSR count). The van der Waals surface area contributed by atoms with Crippen molar-refractivity contribution in [3.63, 3.8) is 0 Å². The van der Waals surface area contributed by atoms with Gasteiger partial charge in [-0.15, -0.1) is 0 Å². The Kier molecular flexibility index (Phi) is 3.56. The lowest BCUT2D eigenvalue weighted by atomic mass is 10.3. The maximum atomic E-state index is 11.6. The van der Waals surface area contributed by atoms with Crippen LogP contribution < -0.4 is 4.90 Å². The number of aryl methyl sites for hydroxylation is 3. The molecule has 120 valence electrons. The third kappa shape index (κ3) is 2.54. The van der Waals surface area contributed by atoms with Crippen LogP contribution in [-0.4, -0.2) is 64.9 Å². The number of fused-ring (bicyclic) bond motifs is 1. The van der Waals surface area contributed by atoms with Crippen molar-refractivity contribution in [1.82, 2.24) is 24.1 Å². The first-order chi connectivity index (χ1) is 10.3. The van der Waals surface area contributed by atoms with E-state index < -0.39 is 10.0 Å². The Balaban J connectivity index is 1.98. The number of piperazine rings is 1. The van der Waals surface area contributed by atoms with E-state index in [0.717, 1.165) is 22.5 Å². The molecule has 0 aromatic carbocycles. The first-order valence-corrected chi connectivity index (χ1v) is 9.00. The minimum Gasteiger partial charge on any atom is -0.352 e. The van der Waals surface area contributed by atoms with Crippen molar-refractivity contribution >= 4 is 26.9 Å². The maximum Gasteiger partial charge on any atom is 0.211 e. The number of hydrogen-bond acceptors (Lipinski definition) is 6. The number of aromatic nitrogens is 4. The minimum atomic E-state index is -3.13. The molecule has 2 aromatic rings. The van der Waals surface area contributed by atoms with Gasteiger partial charge >= 0.3 is 0 Å². The molecule has 0 spiro atoms. The Morgan fingerprint density at radius 3 is 2.27 bits per heavy atom. The van der Waals surface area contributed by atoms with Crippen LogP contribution in [0.15, 0.2) is 0 Å². The molecule has 1 saturated heterocycles. The first-order valence-electron chi connectivity index (χ1n) is 7.15. The standard InChI is InChI=1S/C13H20N6O2S/c1-9-11-12(17(3)16-9)13(15-10(2)14-11)18-5-7-19(8-6-18)22(4,20)21/h5-8H2,1-4H3. The molecule has 0 bridgehead atoms. The van der Waals surface area contributed by atoms with Gasteiger partial charge < -0.3 is 4.90 Å². The molecule has 0 aliphatic carbocycles. The highest BCUT2D eigenvalue weighted by Crippen LogP contribution is 2.26. The SMILES string of the molecule is Cc1nc(N2CCN(S(C)(=O)=O)CC2)c2c(n1)c(C)nn2C. The lowest BCUT2D eigenvalue weighted by Crippen LogP contribution is -2.48. The van der Waals surface area contributed by atoms with Gasteiger partial charge in [-0.2, -0.15) is 9.40 Å². The average molecular weight is 324 g/mol. The third-order valence-corrected chi connectivity index (χ3v) is 5.25. The Morgan fingerprint density at radius 1 is 1.05 bits per heavy atom. The summed E-state index contributed by atoms with van der Waals surface area (Å²) in [6.45, 7) is 5.97. The largest absolute Gasteiger partial charge is 0.352 e. The fraction of sp³-hybridized carbons (Fsp3) is 0.615. The van der Waals surface area contributed by atoms with E-state index in [4.69, 9.17) is 0 Å². The van der Waals surface area contributed by atoms with Gasteiger partial charge in [-0.25, -0.2) is 18.4 Å². The van der Waals surface area contributed by atoms with Gasteiger partial charge in [-0.1, -0.05) is 0 Å². The van der Waals surface area contributed by atoms with Crippen molar-refractivity contribution in [2.24, 2.45) is 7.05 Å². The summed E-state index contributed by atoms with van der Waals surface area (Å²) in [5.41, 5.74) is 2.63. The van der Waals surface area contributed by atoms with Crippen molar-refractivity contribution < 1.29 is 8.42 Å². The van der Waals surface area contributed by atoms with Gasteiger partial charge in [-0.05, 0) is 13.8 Å². The highest BCUT2D eigenvalue weighted by atomic mass is 32.2. The zero-order chi connectivity index (χ0) is 16.1. The second-order valence-electron chi connectivity index (χ2n) is 5.65. The topological polar surface area (TPSA) is 84.2 Å². The van der Waals surface area contributed by atoms with Crippen LogP contribution in [0, 0.1) is 13.8 Å². The molecule has 0 saturated carbocycles. The van der Waals surface area contributed by atoms with E-state index in [2.05, 4.69) is 20.0 Å². The molecule has 0 atom stereocenters. The van der Waals surface area contributed by atoms with Crippen molar-refractivity contribution in [3.8, 4) is 0 Å². The molecule has 1 aliphatic rings. The van der Waals surface area contributed by atoms with Crippen LogP contribution in [0.5, 0.6) is 0 Å². The highest BCUT2D eigenvalue weighted by Gasteiger charge is 2.26. The Labute approximate surface area is 129 Å². The van der Waals surface area contributed by atoms with Crippen LogP contribution in [0.1, 0.15) is 11.5 Å². The molecule has 0 N–H and O–H groups in total. The maximum absolute atomic E-state index is 11.6. The Bertz CT molecular complexity index is 821.